The molecule has 0 bridgehead atoms. The van der Waals surface area contributed by atoms with Crippen LogP contribution in [0, 0.1) is 0 Å². The highest BCUT2D eigenvalue weighted by Crippen LogP contribution is 2.38. The molecule has 0 spiro atoms. The Balaban J connectivity index is 0.838. The molecule has 0 fully saturated rings. The summed E-state index contributed by atoms with van der Waals surface area (Å²) in [7, 11) is 0. The number of benzene rings is 10. The Morgan fingerprint density at radius 2 is 0.831 bits per heavy atom. The van der Waals surface area contributed by atoms with Crippen molar-refractivity contribution in [1.29, 1.82) is 0 Å². The van der Waals surface area contributed by atoms with Crippen LogP contribution in [0.1, 0.15) is 0 Å². The summed E-state index contributed by atoms with van der Waals surface area (Å²) >= 11 is 0. The minimum Gasteiger partial charge on any atom is -0.309 e. The molecule has 0 saturated carbocycles. The molecule has 0 aliphatic rings. The lowest BCUT2D eigenvalue weighted by atomic mass is 9.96. The molecule has 274 valence electrons. The van der Waals surface area contributed by atoms with E-state index in [0.717, 1.165) is 44.2 Å². The second kappa shape index (κ2) is 13.4. The van der Waals surface area contributed by atoms with Gasteiger partial charge in [-0.1, -0.05) is 170 Å². The molecule has 0 aliphatic carbocycles. The van der Waals surface area contributed by atoms with Crippen molar-refractivity contribution in [2.45, 2.75) is 0 Å². The summed E-state index contributed by atoms with van der Waals surface area (Å²) in [4.78, 5) is 10.2. The third-order valence-electron chi connectivity index (χ3n) is 12.0. The largest absolute Gasteiger partial charge is 0.309 e. The molecular formula is C56H35N3. The minimum atomic E-state index is 0.867. The maximum absolute atomic E-state index is 5.23. The maximum Gasteiger partial charge on any atom is 0.0979 e. The molecule has 59 heavy (non-hydrogen) atoms. The molecule has 0 N–H and O–H groups in total. The summed E-state index contributed by atoms with van der Waals surface area (Å²) in [5, 5.41) is 9.66. The van der Waals surface area contributed by atoms with Crippen LogP contribution >= 0.6 is 0 Å². The fraction of sp³-hybridized carbons (Fsp3) is 0. The first kappa shape index (κ1) is 33.3. The highest BCUT2D eigenvalue weighted by Gasteiger charge is 2.15. The first-order valence-corrected chi connectivity index (χ1v) is 20.1. The van der Waals surface area contributed by atoms with E-state index in [-0.39, 0.29) is 0 Å². The van der Waals surface area contributed by atoms with Crippen LogP contribution in [-0.4, -0.2) is 14.5 Å². The second-order valence-electron chi connectivity index (χ2n) is 15.4. The number of hydrogen-bond acceptors (Lipinski definition) is 2. The normalized spacial score (nSPS) is 11.7. The Bertz CT molecular complexity index is 3560. The van der Waals surface area contributed by atoms with Gasteiger partial charge in [-0.15, -0.1) is 0 Å². The van der Waals surface area contributed by atoms with Crippen LogP contribution < -0.4 is 0 Å². The van der Waals surface area contributed by atoms with Gasteiger partial charge in [-0.3, -0.25) is 4.98 Å². The first-order valence-electron chi connectivity index (χ1n) is 20.1. The molecule has 0 unspecified atom stereocenters. The second-order valence-corrected chi connectivity index (χ2v) is 15.4. The van der Waals surface area contributed by atoms with E-state index in [1.54, 1.807) is 0 Å². The van der Waals surface area contributed by atoms with Crippen molar-refractivity contribution < 1.29 is 0 Å². The molecule has 0 amide bonds. The van der Waals surface area contributed by atoms with Crippen molar-refractivity contribution in [2.75, 3.05) is 0 Å². The molecule has 3 heteroatoms. The van der Waals surface area contributed by atoms with Crippen molar-refractivity contribution in [3.63, 3.8) is 0 Å². The van der Waals surface area contributed by atoms with Crippen molar-refractivity contribution in [3.05, 3.63) is 212 Å². The van der Waals surface area contributed by atoms with E-state index < -0.39 is 0 Å². The van der Waals surface area contributed by atoms with Gasteiger partial charge in [0, 0.05) is 32.8 Å². The van der Waals surface area contributed by atoms with Gasteiger partial charge in [-0.2, -0.15) is 0 Å². The fourth-order valence-corrected chi connectivity index (χ4v) is 9.08. The number of rotatable bonds is 5. The lowest BCUT2D eigenvalue weighted by Crippen LogP contribution is -1.93. The summed E-state index contributed by atoms with van der Waals surface area (Å²) in [5.41, 5.74) is 14.5. The molecular weight excluding hydrogens is 715 g/mol. The molecule has 2 aromatic heterocycles. The minimum absolute atomic E-state index is 0.867. The van der Waals surface area contributed by atoms with Crippen LogP contribution in [0.3, 0.4) is 0 Å². The van der Waals surface area contributed by atoms with Gasteiger partial charge in [-0.25, -0.2) is 4.98 Å². The maximum atomic E-state index is 5.23. The Morgan fingerprint density at radius 1 is 0.305 bits per heavy atom. The van der Waals surface area contributed by atoms with E-state index in [4.69, 9.17) is 9.97 Å². The van der Waals surface area contributed by atoms with Gasteiger partial charge in [0.25, 0.3) is 0 Å². The lowest BCUT2D eigenvalue weighted by Gasteiger charge is -2.11. The number of aromatic nitrogens is 3. The zero-order valence-electron chi connectivity index (χ0n) is 32.0. The standard InChI is InChI=1S/C56H35N3/c1-2-11-42-33-45(30-28-36(42)10-1)59-53-19-8-7-16-48(53)51-34-43(29-31-54(51)59)40-26-22-38(23-27-40)37-20-24-39(25-21-37)41-12-9-13-44(32-41)52-35-57-55-49-17-5-3-14-46(49)47-15-4-6-18-50(47)56(55)58-52/h1-35H. The number of nitrogens with zero attached hydrogens (tertiary/aromatic N) is 3. The number of fused-ring (bicyclic) bond motifs is 10. The summed E-state index contributed by atoms with van der Waals surface area (Å²) in [6.45, 7) is 0. The van der Waals surface area contributed by atoms with E-state index in [1.165, 1.54) is 71.3 Å². The third-order valence-corrected chi connectivity index (χ3v) is 12.0. The highest BCUT2D eigenvalue weighted by atomic mass is 15.0. The molecule has 0 radical (unpaired) electrons. The molecule has 3 nitrogen and oxygen atoms in total. The number of hydrogen-bond donors (Lipinski definition) is 0. The van der Waals surface area contributed by atoms with Crippen LogP contribution in [-0.2, 0) is 0 Å². The van der Waals surface area contributed by atoms with Gasteiger partial charge >= 0.3 is 0 Å². The quantitative estimate of drug-likeness (QED) is 0.164. The molecule has 2 heterocycles. The van der Waals surface area contributed by atoms with Crippen molar-refractivity contribution >= 4 is 65.2 Å². The van der Waals surface area contributed by atoms with Crippen molar-refractivity contribution in [2.24, 2.45) is 0 Å². The lowest BCUT2D eigenvalue weighted by molar-refractivity contribution is 1.19. The van der Waals surface area contributed by atoms with E-state index in [2.05, 4.69) is 211 Å². The average molecular weight is 750 g/mol. The predicted molar refractivity (Wildman–Crippen MR) is 248 cm³/mol. The zero-order valence-corrected chi connectivity index (χ0v) is 32.0. The Morgan fingerprint density at radius 3 is 1.54 bits per heavy atom. The summed E-state index contributed by atoms with van der Waals surface area (Å²) in [6, 6.07) is 74.4. The SMILES string of the molecule is c1cc(-c2ccc(-c3ccc(-c4ccc5c(c4)c4ccccc4n5-c4ccc5ccccc5c4)cc3)cc2)cc(-c2cnc3c4ccccc4c4ccccc4c3n2)c1. The third kappa shape index (κ3) is 5.51. The van der Waals surface area contributed by atoms with Crippen LogP contribution in [0.5, 0.6) is 0 Å². The van der Waals surface area contributed by atoms with Crippen molar-refractivity contribution in [3.8, 4) is 50.3 Å². The van der Waals surface area contributed by atoms with Gasteiger partial charge in [0.15, 0.2) is 0 Å². The molecule has 12 rings (SSSR count). The van der Waals surface area contributed by atoms with Crippen molar-refractivity contribution in [1.82, 2.24) is 14.5 Å². The summed E-state index contributed by atoms with van der Waals surface area (Å²) in [5.74, 6) is 0. The van der Waals surface area contributed by atoms with E-state index in [9.17, 15) is 0 Å². The van der Waals surface area contributed by atoms with Gasteiger partial charge in [0.05, 0.1) is 34.0 Å². The summed E-state index contributed by atoms with van der Waals surface area (Å²) < 4.78 is 2.39. The smallest absolute Gasteiger partial charge is 0.0979 e. The molecule has 0 saturated heterocycles. The fourth-order valence-electron chi connectivity index (χ4n) is 9.08. The van der Waals surface area contributed by atoms with Crippen LogP contribution in [0.15, 0.2) is 212 Å². The van der Waals surface area contributed by atoms with Gasteiger partial charge in [0.1, 0.15) is 0 Å². The summed E-state index contributed by atoms with van der Waals surface area (Å²) in [6.07, 6.45) is 1.91. The van der Waals surface area contributed by atoms with E-state index >= 15 is 0 Å². The monoisotopic (exact) mass is 749 g/mol. The van der Waals surface area contributed by atoms with Crippen LogP contribution in [0.2, 0.25) is 0 Å². The predicted octanol–water partition coefficient (Wildman–Crippen LogP) is 14.9. The first-order chi connectivity index (χ1) is 29.2. The van der Waals surface area contributed by atoms with Gasteiger partial charge < -0.3 is 4.57 Å². The zero-order chi connectivity index (χ0) is 38.9. The van der Waals surface area contributed by atoms with E-state index in [1.807, 2.05) is 6.20 Å². The Hall–Kier alpha value is -7.88. The number of para-hydroxylation sites is 1. The van der Waals surface area contributed by atoms with Crippen LogP contribution in [0.25, 0.3) is 115 Å². The van der Waals surface area contributed by atoms with Crippen LogP contribution in [0.4, 0.5) is 0 Å². The highest BCUT2D eigenvalue weighted by molar-refractivity contribution is 6.23. The van der Waals surface area contributed by atoms with Gasteiger partial charge in [-0.05, 0) is 91.3 Å². The molecule has 0 aliphatic heterocycles. The topological polar surface area (TPSA) is 30.7 Å². The Labute approximate surface area is 341 Å². The average Bonchev–Trinajstić information content (AvgIpc) is 3.65. The van der Waals surface area contributed by atoms with E-state index in [0.29, 0.717) is 0 Å². The van der Waals surface area contributed by atoms with Gasteiger partial charge in [0.2, 0.25) is 0 Å². The molecule has 0 atom stereocenters. The molecule has 10 aromatic carbocycles. The Kier molecular flexibility index (Phi) is 7.54. The molecule has 12 aromatic rings.